The minimum absolute atomic E-state index is 0. The van der Waals surface area contributed by atoms with Gasteiger partial charge in [0.1, 0.15) is 17.9 Å². The summed E-state index contributed by atoms with van der Waals surface area (Å²) in [5.41, 5.74) is 0. The number of hydrogen-bond donors (Lipinski definition) is 2. The lowest BCUT2D eigenvalue weighted by molar-refractivity contribution is 0.146. The molecule has 27 heavy (non-hydrogen) atoms. The van der Waals surface area contributed by atoms with Gasteiger partial charge in [-0.3, -0.25) is 4.99 Å². The Hall–Kier alpha value is -1.62. The minimum atomic E-state index is 0. The summed E-state index contributed by atoms with van der Waals surface area (Å²) in [7, 11) is 0. The average Bonchev–Trinajstić information content (AvgIpc) is 3.32. The van der Waals surface area contributed by atoms with Crippen LogP contribution in [0.2, 0.25) is 0 Å². The normalized spacial score (nSPS) is 16.5. The Morgan fingerprint density at radius 3 is 3.22 bits per heavy atom. The Bertz CT molecular complexity index is 673. The predicted molar refractivity (Wildman–Crippen MR) is 115 cm³/mol. The molecule has 1 unspecified atom stereocenters. The average molecular weight is 488 g/mol. The highest BCUT2D eigenvalue weighted by molar-refractivity contribution is 14.0. The van der Waals surface area contributed by atoms with E-state index >= 15 is 0 Å². The molecule has 1 aliphatic heterocycles. The van der Waals surface area contributed by atoms with Gasteiger partial charge in [-0.25, -0.2) is 9.67 Å². The number of aryl methyl sites for hydroxylation is 1. The van der Waals surface area contributed by atoms with Gasteiger partial charge in [0.15, 0.2) is 5.96 Å². The van der Waals surface area contributed by atoms with Crippen molar-refractivity contribution in [3.8, 4) is 0 Å². The second kappa shape index (κ2) is 12.0. The maximum atomic E-state index is 5.39. The Morgan fingerprint density at radius 1 is 1.48 bits per heavy atom. The highest BCUT2D eigenvalue weighted by Gasteiger charge is 2.20. The van der Waals surface area contributed by atoms with Gasteiger partial charge in [-0.1, -0.05) is 0 Å². The minimum Gasteiger partial charge on any atom is -0.469 e. The second-order valence-corrected chi connectivity index (χ2v) is 6.28. The van der Waals surface area contributed by atoms with Crippen LogP contribution >= 0.6 is 24.0 Å². The molecule has 0 aliphatic carbocycles. The molecule has 2 aromatic rings. The topological polar surface area (TPSA) is 89.5 Å². The molecule has 0 spiro atoms. The third kappa shape index (κ3) is 7.13. The van der Waals surface area contributed by atoms with Gasteiger partial charge < -0.3 is 19.8 Å². The largest absolute Gasteiger partial charge is 0.469 e. The molecule has 3 rings (SSSR count). The van der Waals surface area contributed by atoms with E-state index in [9.17, 15) is 0 Å². The number of aliphatic imine (C=N–C) groups is 1. The number of furan rings is 1. The molecule has 8 nitrogen and oxygen atoms in total. The van der Waals surface area contributed by atoms with E-state index in [2.05, 4.69) is 20.7 Å². The number of ether oxygens (including phenoxy) is 1. The molecule has 0 saturated heterocycles. The van der Waals surface area contributed by atoms with Crippen molar-refractivity contribution in [1.82, 2.24) is 25.4 Å². The zero-order valence-corrected chi connectivity index (χ0v) is 18.1. The van der Waals surface area contributed by atoms with Crippen LogP contribution in [0.1, 0.15) is 31.4 Å². The first-order valence-corrected chi connectivity index (χ1v) is 9.37. The summed E-state index contributed by atoms with van der Waals surface area (Å²) >= 11 is 0. The molecule has 2 N–H and O–H groups in total. The molecule has 1 aliphatic rings. The van der Waals surface area contributed by atoms with Gasteiger partial charge in [0.2, 0.25) is 0 Å². The third-order valence-corrected chi connectivity index (χ3v) is 4.31. The molecule has 0 saturated carbocycles. The molecule has 150 valence electrons. The predicted octanol–water partition coefficient (Wildman–Crippen LogP) is 2.01. The van der Waals surface area contributed by atoms with Gasteiger partial charge in [0, 0.05) is 45.2 Å². The molecule has 3 heterocycles. The van der Waals surface area contributed by atoms with Gasteiger partial charge in [-0.05, 0) is 31.9 Å². The van der Waals surface area contributed by atoms with Gasteiger partial charge in [-0.2, -0.15) is 5.10 Å². The number of hydrogen-bond acceptors (Lipinski definition) is 5. The number of nitrogens with zero attached hydrogens (tertiary/aromatic N) is 4. The lowest BCUT2D eigenvalue weighted by Gasteiger charge is -2.25. The maximum absolute atomic E-state index is 5.39. The van der Waals surface area contributed by atoms with Crippen molar-refractivity contribution >= 4 is 29.9 Å². The number of guanidine groups is 1. The van der Waals surface area contributed by atoms with E-state index in [-0.39, 0.29) is 24.0 Å². The van der Waals surface area contributed by atoms with Crippen molar-refractivity contribution in [3.63, 3.8) is 0 Å². The second-order valence-electron chi connectivity index (χ2n) is 6.28. The number of nitrogens with one attached hydrogen (secondary N) is 2. The van der Waals surface area contributed by atoms with E-state index in [4.69, 9.17) is 14.1 Å². The quantitative estimate of drug-likeness (QED) is 0.243. The zero-order valence-electron chi connectivity index (χ0n) is 15.8. The van der Waals surface area contributed by atoms with Crippen LogP contribution in [-0.4, -0.2) is 53.1 Å². The Morgan fingerprint density at radius 2 is 2.41 bits per heavy atom. The molecule has 1 atom stereocenters. The van der Waals surface area contributed by atoms with Crippen molar-refractivity contribution in [2.45, 2.75) is 45.2 Å². The SMILES string of the molecule is CCOCCCN=C(NCCc1ccco1)NC1CCc2ncnn2C1.I. The Labute approximate surface area is 177 Å². The van der Waals surface area contributed by atoms with E-state index in [1.807, 2.05) is 23.7 Å². The highest BCUT2D eigenvalue weighted by Crippen LogP contribution is 2.11. The van der Waals surface area contributed by atoms with E-state index < -0.39 is 0 Å². The van der Waals surface area contributed by atoms with Crippen LogP contribution in [0.25, 0.3) is 0 Å². The molecule has 0 bridgehead atoms. The van der Waals surface area contributed by atoms with Crippen LogP contribution in [0.4, 0.5) is 0 Å². The maximum Gasteiger partial charge on any atom is 0.191 e. The molecular formula is C18H29IN6O2. The van der Waals surface area contributed by atoms with E-state index in [0.29, 0.717) is 6.04 Å². The molecule has 0 radical (unpaired) electrons. The van der Waals surface area contributed by atoms with Crippen molar-refractivity contribution in [2.24, 2.45) is 4.99 Å². The first-order chi connectivity index (χ1) is 12.8. The summed E-state index contributed by atoms with van der Waals surface area (Å²) in [5, 5.41) is 11.2. The van der Waals surface area contributed by atoms with E-state index in [1.165, 1.54) is 0 Å². The van der Waals surface area contributed by atoms with Crippen LogP contribution < -0.4 is 10.6 Å². The molecule has 0 aromatic carbocycles. The van der Waals surface area contributed by atoms with E-state index in [0.717, 1.165) is 76.1 Å². The molecule has 2 aromatic heterocycles. The highest BCUT2D eigenvalue weighted by atomic mass is 127. The molecule has 0 amide bonds. The van der Waals surface area contributed by atoms with Crippen LogP contribution in [0, 0.1) is 0 Å². The summed E-state index contributed by atoms with van der Waals surface area (Å²) in [6.45, 7) is 5.81. The van der Waals surface area contributed by atoms with Gasteiger partial charge in [0.25, 0.3) is 0 Å². The van der Waals surface area contributed by atoms with Crippen LogP contribution in [0.15, 0.2) is 34.1 Å². The van der Waals surface area contributed by atoms with Gasteiger partial charge in [-0.15, -0.1) is 24.0 Å². The van der Waals surface area contributed by atoms with Crippen LogP contribution in [0.3, 0.4) is 0 Å². The zero-order chi connectivity index (χ0) is 18.0. The first-order valence-electron chi connectivity index (χ1n) is 9.37. The number of fused-ring (bicyclic) bond motifs is 1. The Balaban J connectivity index is 0.00000261. The number of rotatable bonds is 9. The van der Waals surface area contributed by atoms with Gasteiger partial charge in [0.05, 0.1) is 12.8 Å². The fraction of sp³-hybridized carbons (Fsp3) is 0.611. The standard InChI is InChI=1S/C18H28N6O2.HI/c1-2-25-11-4-9-19-18(20-10-8-16-5-3-12-26-16)23-15-6-7-17-21-14-22-24(17)13-15;/h3,5,12,14-15H,2,4,6-11,13H2,1H3,(H2,19,20,23);1H. The summed E-state index contributed by atoms with van der Waals surface area (Å²) in [6.07, 6.45) is 7.02. The summed E-state index contributed by atoms with van der Waals surface area (Å²) in [6, 6.07) is 4.20. The van der Waals surface area contributed by atoms with Crippen molar-refractivity contribution in [1.29, 1.82) is 0 Å². The van der Waals surface area contributed by atoms with Crippen molar-refractivity contribution < 1.29 is 9.15 Å². The first kappa shape index (κ1) is 21.7. The lowest BCUT2D eigenvalue weighted by Crippen LogP contribution is -2.47. The smallest absolute Gasteiger partial charge is 0.191 e. The molecular weight excluding hydrogens is 459 g/mol. The number of aromatic nitrogens is 3. The van der Waals surface area contributed by atoms with Crippen LogP contribution in [0.5, 0.6) is 0 Å². The van der Waals surface area contributed by atoms with Crippen molar-refractivity contribution in [2.75, 3.05) is 26.3 Å². The summed E-state index contributed by atoms with van der Waals surface area (Å²) < 4.78 is 12.7. The fourth-order valence-electron chi connectivity index (χ4n) is 2.96. The van der Waals surface area contributed by atoms with Gasteiger partial charge >= 0.3 is 0 Å². The summed E-state index contributed by atoms with van der Waals surface area (Å²) in [5.74, 6) is 2.86. The summed E-state index contributed by atoms with van der Waals surface area (Å²) in [4.78, 5) is 8.97. The third-order valence-electron chi connectivity index (χ3n) is 4.31. The number of halogens is 1. The molecule has 0 fully saturated rings. The van der Waals surface area contributed by atoms with Crippen LogP contribution in [-0.2, 0) is 24.1 Å². The van der Waals surface area contributed by atoms with Crippen molar-refractivity contribution in [3.05, 3.63) is 36.3 Å². The van der Waals surface area contributed by atoms with E-state index in [1.54, 1.807) is 12.6 Å². The fourth-order valence-corrected chi connectivity index (χ4v) is 2.96. The lowest BCUT2D eigenvalue weighted by atomic mass is 10.1. The monoisotopic (exact) mass is 488 g/mol. The Kier molecular flexibility index (Phi) is 9.60. The molecule has 9 heteroatoms.